The van der Waals surface area contributed by atoms with Gasteiger partial charge < -0.3 is 10.6 Å². The minimum atomic E-state index is -3.48. The van der Waals surface area contributed by atoms with Crippen LogP contribution in [-0.2, 0) is 10.0 Å². The van der Waals surface area contributed by atoms with Gasteiger partial charge >= 0.3 is 0 Å². The van der Waals surface area contributed by atoms with E-state index in [1.807, 2.05) is 23.0 Å². The molecule has 2 heterocycles. The summed E-state index contributed by atoms with van der Waals surface area (Å²) in [4.78, 5) is 4.45. The minimum Gasteiger partial charge on any atom is -0.383 e. The van der Waals surface area contributed by atoms with Crippen LogP contribution in [0.25, 0.3) is 10.9 Å². The Bertz CT molecular complexity index is 1840. The van der Waals surface area contributed by atoms with Gasteiger partial charge in [-0.05, 0) is 48.1 Å². The molecular formula is C30H33N9O2S. The molecule has 0 aliphatic heterocycles. The fourth-order valence-electron chi connectivity index (χ4n) is 4.63. The molecule has 1 atom stereocenters. The van der Waals surface area contributed by atoms with E-state index < -0.39 is 16.1 Å². The number of aromatic nitrogens is 4. The SMILES string of the molecule is CN(c1cccc(C(Nc2cc(C#N)c3ncc(C#N)c(NCC(C)(C)C)c3c2)c2cn(C3CC3)nn2)c1)S(C)(=O)=O. The predicted molar refractivity (Wildman–Crippen MR) is 163 cm³/mol. The number of hydrogen-bond donors (Lipinski definition) is 2. The molecule has 12 heteroatoms. The van der Waals surface area contributed by atoms with Gasteiger partial charge in [0.25, 0.3) is 0 Å². The van der Waals surface area contributed by atoms with Crippen LogP contribution in [0, 0.1) is 28.1 Å². The van der Waals surface area contributed by atoms with Crippen LogP contribution in [0.5, 0.6) is 0 Å². The molecule has 5 rings (SSSR count). The first-order chi connectivity index (χ1) is 19.9. The number of pyridine rings is 1. The average Bonchev–Trinajstić information content (AvgIpc) is 3.69. The molecule has 0 amide bonds. The first-order valence-electron chi connectivity index (χ1n) is 13.6. The lowest BCUT2D eigenvalue weighted by atomic mass is 9.96. The number of sulfonamides is 1. The summed E-state index contributed by atoms with van der Waals surface area (Å²) in [6.07, 6.45) is 6.64. The molecule has 0 spiro atoms. The van der Waals surface area contributed by atoms with Crippen molar-refractivity contribution >= 4 is 38.0 Å². The molecule has 0 saturated heterocycles. The third kappa shape index (κ3) is 6.14. The highest BCUT2D eigenvalue weighted by Gasteiger charge is 2.28. The van der Waals surface area contributed by atoms with Crippen molar-refractivity contribution in [1.29, 1.82) is 10.5 Å². The Balaban J connectivity index is 1.63. The van der Waals surface area contributed by atoms with Crippen LogP contribution in [0.3, 0.4) is 0 Å². The van der Waals surface area contributed by atoms with Crippen LogP contribution in [0.1, 0.15) is 68.1 Å². The number of rotatable bonds is 9. The second-order valence-electron chi connectivity index (χ2n) is 11.9. The largest absolute Gasteiger partial charge is 0.383 e. The van der Waals surface area contributed by atoms with Crippen LogP contribution in [0.4, 0.5) is 17.1 Å². The number of nitrogens with zero attached hydrogens (tertiary/aromatic N) is 7. The summed E-state index contributed by atoms with van der Waals surface area (Å²) in [5, 5.41) is 36.3. The maximum absolute atomic E-state index is 12.3. The molecule has 1 fully saturated rings. The van der Waals surface area contributed by atoms with Gasteiger partial charge in [-0.1, -0.05) is 38.1 Å². The lowest BCUT2D eigenvalue weighted by molar-refractivity contribution is 0.443. The Morgan fingerprint density at radius 3 is 2.52 bits per heavy atom. The molecule has 42 heavy (non-hydrogen) atoms. The molecule has 11 nitrogen and oxygen atoms in total. The number of anilines is 3. The molecule has 2 aromatic heterocycles. The molecule has 0 radical (unpaired) electrons. The monoisotopic (exact) mass is 583 g/mol. The van der Waals surface area contributed by atoms with Gasteiger partial charge in [0, 0.05) is 30.9 Å². The van der Waals surface area contributed by atoms with Gasteiger partial charge in [0.15, 0.2) is 0 Å². The van der Waals surface area contributed by atoms with Gasteiger partial charge in [0.2, 0.25) is 10.0 Å². The van der Waals surface area contributed by atoms with Gasteiger partial charge in [-0.3, -0.25) is 9.29 Å². The molecular weight excluding hydrogens is 550 g/mol. The lowest BCUT2D eigenvalue weighted by Crippen LogP contribution is -2.25. The van der Waals surface area contributed by atoms with E-state index in [2.05, 4.69) is 58.8 Å². The zero-order chi connectivity index (χ0) is 30.2. The van der Waals surface area contributed by atoms with Crippen LogP contribution < -0.4 is 14.9 Å². The summed E-state index contributed by atoms with van der Waals surface area (Å²) in [7, 11) is -1.97. The van der Waals surface area contributed by atoms with Gasteiger partial charge in [-0.25, -0.2) is 13.1 Å². The molecule has 1 aliphatic carbocycles. The third-order valence-electron chi connectivity index (χ3n) is 7.13. The van der Waals surface area contributed by atoms with Crippen molar-refractivity contribution in [3.63, 3.8) is 0 Å². The van der Waals surface area contributed by atoms with E-state index in [4.69, 9.17) is 0 Å². The first-order valence-corrected chi connectivity index (χ1v) is 15.5. The maximum Gasteiger partial charge on any atom is 0.231 e. The standard InChI is InChI=1S/C30H33N9O2S/c1-30(2,3)18-34-28-21(15-32)16-33-27-20(14-31)11-22(13-25(27)28)35-29(26-17-39(37-36-26)23-9-10-23)19-7-6-8-24(12-19)38(4)42(5,40)41/h6-8,11-13,16-17,23,29,35H,9-10,18H2,1-5H3,(H,33,34). The summed E-state index contributed by atoms with van der Waals surface area (Å²) in [5.41, 5.74) is 4.31. The van der Waals surface area contributed by atoms with Gasteiger partial charge in [-0.2, -0.15) is 10.5 Å². The highest BCUT2D eigenvalue weighted by atomic mass is 32.2. The predicted octanol–water partition coefficient (Wildman–Crippen LogP) is 4.96. The molecule has 1 unspecified atom stereocenters. The minimum absolute atomic E-state index is 0.0567. The summed E-state index contributed by atoms with van der Waals surface area (Å²) >= 11 is 0. The van der Waals surface area contributed by atoms with E-state index in [0.717, 1.165) is 24.7 Å². The number of hydrogen-bond acceptors (Lipinski definition) is 9. The third-order valence-corrected chi connectivity index (χ3v) is 8.33. The summed E-state index contributed by atoms with van der Waals surface area (Å²) in [5.74, 6) is 0. The summed E-state index contributed by atoms with van der Waals surface area (Å²) < 4.78 is 27.6. The fraction of sp³-hybridized carbons (Fsp3) is 0.367. The van der Waals surface area contributed by atoms with E-state index in [0.29, 0.717) is 57.4 Å². The number of nitriles is 2. The highest BCUT2D eigenvalue weighted by Crippen LogP contribution is 2.37. The quantitative estimate of drug-likeness (QED) is 0.278. The number of benzene rings is 2. The normalized spacial score (nSPS) is 14.2. The van der Waals surface area contributed by atoms with E-state index >= 15 is 0 Å². The van der Waals surface area contributed by atoms with E-state index in [9.17, 15) is 18.9 Å². The molecule has 2 aromatic carbocycles. The molecule has 216 valence electrons. The fourth-order valence-corrected chi connectivity index (χ4v) is 5.12. The van der Waals surface area contributed by atoms with Gasteiger partial charge in [-0.15, -0.1) is 5.10 Å². The summed E-state index contributed by atoms with van der Waals surface area (Å²) in [6.45, 7) is 6.89. The van der Waals surface area contributed by atoms with Crippen LogP contribution in [-0.4, -0.2) is 48.2 Å². The van der Waals surface area contributed by atoms with Crippen LogP contribution >= 0.6 is 0 Å². The van der Waals surface area contributed by atoms with E-state index in [1.165, 1.54) is 17.5 Å². The maximum atomic E-state index is 12.3. The Morgan fingerprint density at radius 1 is 1.14 bits per heavy atom. The van der Waals surface area contributed by atoms with Crippen LogP contribution in [0.15, 0.2) is 48.8 Å². The van der Waals surface area contributed by atoms with E-state index in [-0.39, 0.29) is 5.41 Å². The zero-order valence-corrected chi connectivity index (χ0v) is 25.1. The van der Waals surface area contributed by atoms with Crippen molar-refractivity contribution < 1.29 is 8.42 Å². The van der Waals surface area contributed by atoms with Crippen molar-refractivity contribution in [3.8, 4) is 12.1 Å². The van der Waals surface area contributed by atoms with Gasteiger partial charge in [0.05, 0.1) is 52.6 Å². The van der Waals surface area contributed by atoms with Crippen LogP contribution in [0.2, 0.25) is 0 Å². The smallest absolute Gasteiger partial charge is 0.231 e. The molecule has 1 aliphatic rings. The van der Waals surface area contributed by atoms with Crippen molar-refractivity contribution in [2.75, 3.05) is 34.8 Å². The van der Waals surface area contributed by atoms with Crippen molar-refractivity contribution in [1.82, 2.24) is 20.0 Å². The first kappa shape index (κ1) is 28.8. The molecule has 2 N–H and O–H groups in total. The van der Waals surface area contributed by atoms with Crippen molar-refractivity contribution in [2.45, 2.75) is 45.7 Å². The lowest BCUT2D eigenvalue weighted by Gasteiger charge is -2.23. The zero-order valence-electron chi connectivity index (χ0n) is 24.3. The average molecular weight is 584 g/mol. The van der Waals surface area contributed by atoms with Crippen molar-refractivity contribution in [2.24, 2.45) is 5.41 Å². The van der Waals surface area contributed by atoms with E-state index in [1.54, 1.807) is 24.3 Å². The second kappa shape index (κ2) is 11.0. The molecule has 1 saturated carbocycles. The summed E-state index contributed by atoms with van der Waals surface area (Å²) in [6, 6.07) is 15.1. The topological polar surface area (TPSA) is 153 Å². The second-order valence-corrected chi connectivity index (χ2v) is 13.9. The molecule has 4 aromatic rings. The Labute approximate surface area is 245 Å². The highest BCUT2D eigenvalue weighted by molar-refractivity contribution is 7.92. The van der Waals surface area contributed by atoms with Crippen molar-refractivity contribution in [3.05, 3.63) is 71.2 Å². The molecule has 0 bridgehead atoms. The Hall–Kier alpha value is -4.68. The Kier molecular flexibility index (Phi) is 7.52. The number of fused-ring (bicyclic) bond motifs is 1. The Morgan fingerprint density at radius 2 is 1.88 bits per heavy atom. The number of nitrogens with one attached hydrogen (secondary N) is 2. The van der Waals surface area contributed by atoms with Gasteiger partial charge in [0.1, 0.15) is 17.8 Å².